The van der Waals surface area contributed by atoms with Crippen LogP contribution < -0.4 is 14.4 Å². The first-order valence-electron chi connectivity index (χ1n) is 15.4. The van der Waals surface area contributed by atoms with Gasteiger partial charge in [-0.25, -0.2) is 4.98 Å². The molecule has 0 radical (unpaired) electrons. The molecule has 3 aromatic heterocycles. The molecule has 10 nitrogen and oxygen atoms in total. The van der Waals surface area contributed by atoms with Crippen LogP contribution in [0.25, 0.3) is 11.4 Å². The molecule has 1 unspecified atom stereocenters. The van der Waals surface area contributed by atoms with Crippen molar-refractivity contribution in [3.8, 4) is 11.5 Å². The maximum atomic E-state index is 13.9. The van der Waals surface area contributed by atoms with Gasteiger partial charge in [0.1, 0.15) is 11.3 Å². The molecule has 12 heteroatoms. The van der Waals surface area contributed by atoms with Crippen LogP contribution in [-0.2, 0) is 15.3 Å². The molecule has 0 aliphatic carbocycles. The summed E-state index contributed by atoms with van der Waals surface area (Å²) >= 11 is 2.72. The summed E-state index contributed by atoms with van der Waals surface area (Å²) in [5.41, 5.74) is 5.17. The van der Waals surface area contributed by atoms with Crippen LogP contribution in [0.5, 0.6) is 11.5 Å². The first kappa shape index (κ1) is 32.3. The Morgan fingerprint density at radius 3 is 2.51 bits per heavy atom. The van der Waals surface area contributed by atoms with Crippen molar-refractivity contribution in [1.29, 1.82) is 0 Å². The van der Waals surface area contributed by atoms with E-state index < -0.39 is 17.7 Å². The Kier molecular flexibility index (Phi) is 9.33. The van der Waals surface area contributed by atoms with Gasteiger partial charge in [0.25, 0.3) is 5.78 Å². The van der Waals surface area contributed by atoms with E-state index in [4.69, 9.17) is 14.5 Å². The highest BCUT2D eigenvalue weighted by molar-refractivity contribution is 8.00. The van der Waals surface area contributed by atoms with E-state index in [1.807, 2.05) is 57.3 Å². The van der Waals surface area contributed by atoms with Crippen molar-refractivity contribution >= 4 is 51.3 Å². The molecule has 0 spiro atoms. The van der Waals surface area contributed by atoms with E-state index in [0.29, 0.717) is 51.7 Å². The van der Waals surface area contributed by atoms with Gasteiger partial charge in [-0.15, -0.1) is 10.2 Å². The number of benzene rings is 2. The molecule has 5 aromatic rings. The Balaban J connectivity index is 1.46. The summed E-state index contributed by atoms with van der Waals surface area (Å²) < 4.78 is 14.3. The number of thioether (sulfide) groups is 1. The van der Waals surface area contributed by atoms with Crippen molar-refractivity contribution in [2.45, 2.75) is 57.2 Å². The molecule has 0 saturated carbocycles. The van der Waals surface area contributed by atoms with Crippen LogP contribution in [0.3, 0.4) is 0 Å². The van der Waals surface area contributed by atoms with Crippen LogP contribution in [0.2, 0.25) is 0 Å². The summed E-state index contributed by atoms with van der Waals surface area (Å²) in [6.07, 6.45) is 2.66. The third-order valence-corrected chi connectivity index (χ3v) is 10.0. The van der Waals surface area contributed by atoms with E-state index in [0.717, 1.165) is 17.5 Å². The van der Waals surface area contributed by atoms with Gasteiger partial charge < -0.3 is 19.0 Å². The molecule has 6 rings (SSSR count). The zero-order valence-corrected chi connectivity index (χ0v) is 28.4. The number of Topliss-reactive ketones (excluding diaryl/α,β-unsaturated/α-hetero) is 1. The summed E-state index contributed by atoms with van der Waals surface area (Å²) in [7, 11) is 0. The lowest BCUT2D eigenvalue weighted by Crippen LogP contribution is -2.29. The average Bonchev–Trinajstić information content (AvgIpc) is 3.75. The molecular weight excluding hydrogens is 635 g/mol. The Hall–Kier alpha value is -4.68. The predicted octanol–water partition coefficient (Wildman–Crippen LogP) is 7.22. The monoisotopic (exact) mass is 669 g/mol. The number of aromatic nitrogens is 4. The highest BCUT2D eigenvalue weighted by Crippen LogP contribution is 2.46. The molecule has 2 aromatic carbocycles. The molecule has 1 atom stereocenters. The molecule has 1 aliphatic heterocycles. The Labute approximate surface area is 281 Å². The van der Waals surface area contributed by atoms with Crippen LogP contribution in [-0.4, -0.2) is 49.6 Å². The van der Waals surface area contributed by atoms with Crippen molar-refractivity contribution in [2.24, 2.45) is 0 Å². The summed E-state index contributed by atoms with van der Waals surface area (Å²) in [6, 6.07) is 16.3. The molecule has 242 valence electrons. The second-order valence-electron chi connectivity index (χ2n) is 11.2. The summed E-state index contributed by atoms with van der Waals surface area (Å²) in [4.78, 5) is 33.8. The number of ether oxygens (including phenoxy) is 2. The SMILES string of the molecule is CCCOc1ccc(C2/C(=C(\O)c3nc4c(C)cccn4c3C)C(=O)C(=O)N2c2nnc(SCc3ccc(C)cc3)s2)cc1OCC. The minimum Gasteiger partial charge on any atom is -0.505 e. The molecule has 1 aliphatic rings. The maximum absolute atomic E-state index is 13.9. The summed E-state index contributed by atoms with van der Waals surface area (Å²) in [5.74, 6) is -0.333. The van der Waals surface area contributed by atoms with Crippen molar-refractivity contribution in [3.05, 3.63) is 100 Å². The van der Waals surface area contributed by atoms with Crippen LogP contribution in [0.15, 0.2) is 70.7 Å². The maximum Gasteiger partial charge on any atom is 0.301 e. The van der Waals surface area contributed by atoms with Crippen molar-refractivity contribution in [2.75, 3.05) is 18.1 Å². The lowest BCUT2D eigenvalue weighted by molar-refractivity contribution is -0.132. The summed E-state index contributed by atoms with van der Waals surface area (Å²) in [5, 5.41) is 20.8. The molecule has 4 heterocycles. The van der Waals surface area contributed by atoms with E-state index in [9.17, 15) is 14.7 Å². The summed E-state index contributed by atoms with van der Waals surface area (Å²) in [6.45, 7) is 10.5. The number of rotatable bonds is 11. The third-order valence-electron chi connectivity index (χ3n) is 7.88. The van der Waals surface area contributed by atoms with Gasteiger partial charge in [-0.05, 0) is 69.0 Å². The van der Waals surface area contributed by atoms with Gasteiger partial charge in [-0.2, -0.15) is 0 Å². The molecule has 47 heavy (non-hydrogen) atoms. The number of anilines is 1. The number of carbonyl (C=O) groups excluding carboxylic acids is 2. The largest absolute Gasteiger partial charge is 0.505 e. The third kappa shape index (κ3) is 6.22. The topological polar surface area (TPSA) is 119 Å². The van der Waals surface area contributed by atoms with E-state index in [1.54, 1.807) is 18.2 Å². The Bertz CT molecular complexity index is 2000. The highest BCUT2D eigenvalue weighted by Gasteiger charge is 2.49. The fourth-order valence-electron chi connectivity index (χ4n) is 5.50. The molecule has 0 bridgehead atoms. The molecule has 1 amide bonds. The smallest absolute Gasteiger partial charge is 0.301 e. The Morgan fingerprint density at radius 2 is 1.79 bits per heavy atom. The first-order chi connectivity index (χ1) is 22.7. The zero-order chi connectivity index (χ0) is 33.2. The fraction of sp³-hybridized carbons (Fsp3) is 0.286. The molecule has 1 saturated heterocycles. The minimum atomic E-state index is -1.03. The number of aliphatic hydroxyl groups excluding tert-OH is 1. The van der Waals surface area contributed by atoms with Crippen LogP contribution >= 0.6 is 23.1 Å². The number of aryl methyl sites for hydroxylation is 3. The molecule has 1 fully saturated rings. The van der Waals surface area contributed by atoms with Gasteiger partial charge >= 0.3 is 5.91 Å². The molecular formula is C35H35N5O5S2. The van der Waals surface area contributed by atoms with Crippen LogP contribution in [0, 0.1) is 20.8 Å². The van der Waals surface area contributed by atoms with Crippen LogP contribution in [0.4, 0.5) is 5.13 Å². The van der Waals surface area contributed by atoms with Crippen molar-refractivity contribution in [3.63, 3.8) is 0 Å². The number of imidazole rings is 1. The number of aliphatic hydroxyl groups is 1. The second kappa shape index (κ2) is 13.6. The number of hydrogen-bond donors (Lipinski definition) is 1. The van der Waals surface area contributed by atoms with Crippen molar-refractivity contribution < 1.29 is 24.2 Å². The number of nitrogens with zero attached hydrogens (tertiary/aromatic N) is 5. The van der Waals surface area contributed by atoms with Gasteiger partial charge in [-0.1, -0.05) is 72.0 Å². The number of fused-ring (bicyclic) bond motifs is 1. The van der Waals surface area contributed by atoms with E-state index >= 15 is 0 Å². The van der Waals surface area contributed by atoms with E-state index in [-0.39, 0.29) is 22.2 Å². The van der Waals surface area contributed by atoms with Gasteiger partial charge in [0, 0.05) is 11.9 Å². The zero-order valence-electron chi connectivity index (χ0n) is 26.8. The second-order valence-corrected chi connectivity index (χ2v) is 13.4. The number of pyridine rings is 1. The standard InChI is InChI=1S/C35H35N5O5S2/c1-6-17-45-25-15-14-24(18-26(25)44-7-2)29-27(30(41)28-22(5)39-16-8-9-21(4)32(39)36-28)31(42)33(43)40(29)34-37-38-35(47-34)46-19-23-12-10-20(3)11-13-23/h8-16,18,29,41H,6-7,17,19H2,1-5H3/b30-27+. The van der Waals surface area contributed by atoms with Crippen molar-refractivity contribution in [1.82, 2.24) is 19.6 Å². The molecule has 1 N–H and O–H groups in total. The Morgan fingerprint density at radius 1 is 1.00 bits per heavy atom. The van der Waals surface area contributed by atoms with Gasteiger partial charge in [0.2, 0.25) is 5.13 Å². The van der Waals surface area contributed by atoms with Gasteiger partial charge in [0.15, 0.2) is 21.6 Å². The van der Waals surface area contributed by atoms with E-state index in [2.05, 4.69) is 34.5 Å². The fourth-order valence-corrected chi connectivity index (χ4v) is 7.32. The highest BCUT2D eigenvalue weighted by atomic mass is 32.2. The number of hydrogen-bond acceptors (Lipinski definition) is 10. The predicted molar refractivity (Wildman–Crippen MR) is 183 cm³/mol. The number of carbonyl (C=O) groups is 2. The minimum absolute atomic E-state index is 0.0899. The number of ketones is 1. The quantitative estimate of drug-likeness (QED) is 0.0511. The number of amides is 1. The van der Waals surface area contributed by atoms with Gasteiger partial charge in [-0.3, -0.25) is 14.5 Å². The van der Waals surface area contributed by atoms with Crippen LogP contribution in [0.1, 0.15) is 60.0 Å². The first-order valence-corrected chi connectivity index (χ1v) is 17.2. The average molecular weight is 670 g/mol. The van der Waals surface area contributed by atoms with E-state index in [1.165, 1.54) is 33.6 Å². The van der Waals surface area contributed by atoms with Gasteiger partial charge in [0.05, 0.1) is 30.5 Å². The normalized spacial score (nSPS) is 15.9. The lowest BCUT2D eigenvalue weighted by Gasteiger charge is -2.23. The lowest BCUT2D eigenvalue weighted by atomic mass is 9.96.